The molecule has 1 atom stereocenters. The highest BCUT2D eigenvalue weighted by atomic mass is 16.5. The third-order valence-electron chi connectivity index (χ3n) is 3.69. The first-order valence-corrected chi connectivity index (χ1v) is 7.91. The SMILES string of the molecule is CC(C)(C)c1cc(NC(=O)c2ccnc(O[C@@H]3CCOC3)c2)on1. The number of pyridine rings is 1. The number of carbonyl (C=O) groups is 1. The molecule has 0 radical (unpaired) electrons. The van der Waals surface area contributed by atoms with Crippen LogP contribution in [-0.2, 0) is 10.2 Å². The van der Waals surface area contributed by atoms with Crippen molar-refractivity contribution < 1.29 is 18.8 Å². The van der Waals surface area contributed by atoms with Gasteiger partial charge in [0.1, 0.15) is 6.10 Å². The number of nitrogens with one attached hydrogen (secondary N) is 1. The van der Waals surface area contributed by atoms with Gasteiger partial charge in [0.2, 0.25) is 11.8 Å². The molecular weight excluding hydrogens is 310 g/mol. The third kappa shape index (κ3) is 3.91. The number of anilines is 1. The lowest BCUT2D eigenvalue weighted by molar-refractivity contribution is 0.102. The highest BCUT2D eigenvalue weighted by Crippen LogP contribution is 2.24. The number of ether oxygens (including phenoxy) is 2. The van der Waals surface area contributed by atoms with E-state index in [1.165, 1.54) is 0 Å². The van der Waals surface area contributed by atoms with E-state index in [0.29, 0.717) is 30.5 Å². The molecule has 1 amide bonds. The summed E-state index contributed by atoms with van der Waals surface area (Å²) in [5.74, 6) is 0.418. The van der Waals surface area contributed by atoms with Gasteiger partial charge in [-0.3, -0.25) is 10.1 Å². The van der Waals surface area contributed by atoms with Crippen LogP contribution in [0.15, 0.2) is 28.9 Å². The van der Waals surface area contributed by atoms with E-state index >= 15 is 0 Å². The minimum absolute atomic E-state index is 0.0144. The standard InChI is InChI=1S/C17H21N3O4/c1-17(2,3)13-9-15(24-20-13)19-16(21)11-4-6-18-14(8-11)23-12-5-7-22-10-12/h4,6,8-9,12H,5,7,10H2,1-3H3,(H,19,21)/t12-/m1/s1. The van der Waals surface area contributed by atoms with Crippen LogP contribution < -0.4 is 10.1 Å². The molecule has 0 bridgehead atoms. The molecule has 0 aromatic carbocycles. The van der Waals surface area contributed by atoms with Crippen molar-refractivity contribution in [2.45, 2.75) is 38.7 Å². The Labute approximate surface area is 140 Å². The average molecular weight is 331 g/mol. The molecule has 3 rings (SSSR count). The lowest BCUT2D eigenvalue weighted by atomic mass is 9.92. The lowest BCUT2D eigenvalue weighted by Gasteiger charge is -2.12. The molecule has 2 aromatic heterocycles. The zero-order chi connectivity index (χ0) is 17.2. The maximum Gasteiger partial charge on any atom is 0.258 e. The first kappa shape index (κ1) is 16.4. The van der Waals surface area contributed by atoms with Crippen molar-refractivity contribution in [1.82, 2.24) is 10.1 Å². The van der Waals surface area contributed by atoms with E-state index in [2.05, 4.69) is 15.5 Å². The minimum atomic E-state index is -0.304. The molecule has 1 fully saturated rings. The molecule has 0 spiro atoms. The number of amides is 1. The van der Waals surface area contributed by atoms with Crippen molar-refractivity contribution in [1.29, 1.82) is 0 Å². The first-order chi connectivity index (χ1) is 11.4. The molecule has 128 valence electrons. The summed E-state index contributed by atoms with van der Waals surface area (Å²) in [5.41, 5.74) is 1.07. The molecule has 1 saturated heterocycles. The topological polar surface area (TPSA) is 86.5 Å². The minimum Gasteiger partial charge on any atom is -0.472 e. The smallest absolute Gasteiger partial charge is 0.258 e. The molecule has 1 N–H and O–H groups in total. The van der Waals surface area contributed by atoms with Gasteiger partial charge in [-0.1, -0.05) is 25.9 Å². The Kier molecular flexibility index (Phi) is 4.53. The molecule has 24 heavy (non-hydrogen) atoms. The van der Waals surface area contributed by atoms with Crippen LogP contribution in [0.2, 0.25) is 0 Å². The van der Waals surface area contributed by atoms with Crippen LogP contribution in [0.4, 0.5) is 5.88 Å². The van der Waals surface area contributed by atoms with E-state index in [9.17, 15) is 4.79 Å². The molecule has 0 aliphatic carbocycles. The Morgan fingerprint density at radius 3 is 2.88 bits per heavy atom. The quantitative estimate of drug-likeness (QED) is 0.927. The van der Waals surface area contributed by atoms with Gasteiger partial charge < -0.3 is 14.0 Å². The van der Waals surface area contributed by atoms with Crippen molar-refractivity contribution in [3.63, 3.8) is 0 Å². The highest BCUT2D eigenvalue weighted by Gasteiger charge is 2.21. The first-order valence-electron chi connectivity index (χ1n) is 7.91. The van der Waals surface area contributed by atoms with E-state index in [1.54, 1.807) is 24.4 Å². The molecular formula is C17H21N3O4. The third-order valence-corrected chi connectivity index (χ3v) is 3.69. The lowest BCUT2D eigenvalue weighted by Crippen LogP contribution is -2.17. The van der Waals surface area contributed by atoms with Gasteiger partial charge in [-0.25, -0.2) is 4.98 Å². The van der Waals surface area contributed by atoms with Crippen LogP contribution in [0.5, 0.6) is 5.88 Å². The van der Waals surface area contributed by atoms with Crippen LogP contribution in [0, 0.1) is 0 Å². The van der Waals surface area contributed by atoms with Crippen LogP contribution in [-0.4, -0.2) is 35.4 Å². The van der Waals surface area contributed by atoms with E-state index in [0.717, 1.165) is 12.1 Å². The Hall–Kier alpha value is -2.41. The Bertz CT molecular complexity index is 715. The van der Waals surface area contributed by atoms with Gasteiger partial charge in [0.05, 0.1) is 18.9 Å². The van der Waals surface area contributed by atoms with Gasteiger partial charge in [-0.2, -0.15) is 0 Å². The van der Waals surface area contributed by atoms with Gasteiger partial charge in [0.25, 0.3) is 5.91 Å². The molecule has 0 saturated carbocycles. The molecule has 7 heteroatoms. The summed E-state index contributed by atoms with van der Waals surface area (Å²) in [5, 5.41) is 6.67. The maximum atomic E-state index is 12.4. The summed E-state index contributed by atoms with van der Waals surface area (Å²) in [6.07, 6.45) is 2.35. The number of nitrogens with zero attached hydrogens (tertiary/aromatic N) is 2. The number of hydrogen-bond donors (Lipinski definition) is 1. The predicted octanol–water partition coefficient (Wildman–Crippen LogP) is 2.79. The van der Waals surface area contributed by atoms with Crippen LogP contribution in [0.3, 0.4) is 0 Å². The zero-order valence-electron chi connectivity index (χ0n) is 14.0. The number of carbonyl (C=O) groups excluding carboxylic acids is 1. The number of rotatable bonds is 4. The van der Waals surface area contributed by atoms with E-state index in [-0.39, 0.29) is 17.4 Å². The van der Waals surface area contributed by atoms with Crippen LogP contribution in [0.1, 0.15) is 43.2 Å². The van der Waals surface area contributed by atoms with Crippen LogP contribution in [0.25, 0.3) is 0 Å². The Morgan fingerprint density at radius 1 is 1.38 bits per heavy atom. The van der Waals surface area contributed by atoms with Gasteiger partial charge in [-0.05, 0) is 6.07 Å². The van der Waals surface area contributed by atoms with Crippen LogP contribution >= 0.6 is 0 Å². The molecule has 1 aliphatic heterocycles. The predicted molar refractivity (Wildman–Crippen MR) is 87.2 cm³/mol. The summed E-state index contributed by atoms with van der Waals surface area (Å²) in [6, 6.07) is 4.95. The molecule has 1 aliphatic rings. The molecule has 0 unspecified atom stereocenters. The maximum absolute atomic E-state index is 12.4. The summed E-state index contributed by atoms with van der Waals surface area (Å²) in [6.45, 7) is 7.30. The number of hydrogen-bond acceptors (Lipinski definition) is 6. The van der Waals surface area contributed by atoms with Crippen molar-refractivity contribution in [3.8, 4) is 5.88 Å². The monoisotopic (exact) mass is 331 g/mol. The normalized spacial score (nSPS) is 17.7. The Morgan fingerprint density at radius 2 is 2.21 bits per heavy atom. The summed E-state index contributed by atoms with van der Waals surface area (Å²) < 4.78 is 16.2. The second-order valence-electron chi connectivity index (χ2n) is 6.77. The van der Waals surface area contributed by atoms with Gasteiger partial charge in [0.15, 0.2) is 0 Å². The van der Waals surface area contributed by atoms with Crippen molar-refractivity contribution in [3.05, 3.63) is 35.7 Å². The summed E-state index contributed by atoms with van der Waals surface area (Å²) in [4.78, 5) is 16.5. The van der Waals surface area contributed by atoms with Gasteiger partial charge in [-0.15, -0.1) is 0 Å². The average Bonchev–Trinajstić information content (AvgIpc) is 3.18. The molecule has 2 aromatic rings. The van der Waals surface area contributed by atoms with E-state index in [4.69, 9.17) is 14.0 Å². The highest BCUT2D eigenvalue weighted by molar-refractivity contribution is 6.03. The van der Waals surface area contributed by atoms with Crippen molar-refractivity contribution in [2.24, 2.45) is 0 Å². The van der Waals surface area contributed by atoms with E-state index < -0.39 is 0 Å². The molecule has 7 nitrogen and oxygen atoms in total. The fourth-order valence-corrected chi connectivity index (χ4v) is 2.26. The summed E-state index contributed by atoms with van der Waals surface area (Å²) >= 11 is 0. The van der Waals surface area contributed by atoms with E-state index in [1.807, 2.05) is 20.8 Å². The number of aromatic nitrogens is 2. The second-order valence-corrected chi connectivity index (χ2v) is 6.77. The summed E-state index contributed by atoms with van der Waals surface area (Å²) in [7, 11) is 0. The van der Waals surface area contributed by atoms with Crippen molar-refractivity contribution >= 4 is 11.8 Å². The van der Waals surface area contributed by atoms with Crippen molar-refractivity contribution in [2.75, 3.05) is 18.5 Å². The second kappa shape index (κ2) is 6.60. The van der Waals surface area contributed by atoms with Gasteiger partial charge in [0, 0.05) is 35.7 Å². The fourth-order valence-electron chi connectivity index (χ4n) is 2.26. The fraction of sp³-hybridized carbons (Fsp3) is 0.471. The van der Waals surface area contributed by atoms with Gasteiger partial charge >= 0.3 is 0 Å². The molecule has 3 heterocycles. The zero-order valence-corrected chi connectivity index (χ0v) is 14.0. The Balaban J connectivity index is 1.67. The largest absolute Gasteiger partial charge is 0.472 e.